The summed E-state index contributed by atoms with van der Waals surface area (Å²) in [4.78, 5) is 12.1. The largest absolute Gasteiger partial charge is 0.496 e. The summed E-state index contributed by atoms with van der Waals surface area (Å²) >= 11 is 0. The van der Waals surface area contributed by atoms with Crippen LogP contribution in [-0.2, 0) is 4.79 Å². The number of aliphatic hydroxyl groups excluding tert-OH is 1. The molecule has 4 heteroatoms. The fourth-order valence-corrected chi connectivity index (χ4v) is 2.74. The summed E-state index contributed by atoms with van der Waals surface area (Å²) < 4.78 is 5.34. The van der Waals surface area contributed by atoms with Gasteiger partial charge in [-0.2, -0.15) is 0 Å². The van der Waals surface area contributed by atoms with Crippen LogP contribution in [0.5, 0.6) is 5.75 Å². The average Bonchev–Trinajstić information content (AvgIpc) is 2.94. The Morgan fingerprint density at radius 1 is 1.43 bits per heavy atom. The van der Waals surface area contributed by atoms with E-state index in [9.17, 15) is 4.79 Å². The lowest BCUT2D eigenvalue weighted by molar-refractivity contribution is -0.121. The summed E-state index contributed by atoms with van der Waals surface area (Å²) in [5.74, 6) is 1.11. The molecule has 114 valence electrons. The highest BCUT2D eigenvalue weighted by molar-refractivity contribution is 5.77. The van der Waals surface area contributed by atoms with Crippen LogP contribution in [0.1, 0.15) is 31.2 Å². The van der Waals surface area contributed by atoms with Crippen molar-refractivity contribution in [1.82, 2.24) is 5.32 Å². The molecule has 0 bridgehead atoms. The van der Waals surface area contributed by atoms with E-state index in [1.54, 1.807) is 7.11 Å². The zero-order chi connectivity index (χ0) is 15.2. The van der Waals surface area contributed by atoms with E-state index in [0.717, 1.165) is 17.7 Å². The van der Waals surface area contributed by atoms with Crippen molar-refractivity contribution >= 4 is 5.91 Å². The van der Waals surface area contributed by atoms with Crippen LogP contribution in [-0.4, -0.2) is 30.8 Å². The zero-order valence-corrected chi connectivity index (χ0v) is 12.6. The molecule has 0 spiro atoms. The van der Waals surface area contributed by atoms with E-state index >= 15 is 0 Å². The van der Waals surface area contributed by atoms with Gasteiger partial charge in [-0.15, -0.1) is 0 Å². The van der Waals surface area contributed by atoms with Crippen molar-refractivity contribution in [2.75, 3.05) is 13.7 Å². The van der Waals surface area contributed by atoms with E-state index in [4.69, 9.17) is 9.84 Å². The van der Waals surface area contributed by atoms with Crippen molar-refractivity contribution in [3.8, 4) is 5.75 Å². The molecule has 0 saturated heterocycles. The predicted molar refractivity (Wildman–Crippen MR) is 82.3 cm³/mol. The number of carbonyl (C=O) groups is 1. The van der Waals surface area contributed by atoms with Crippen LogP contribution in [0.15, 0.2) is 36.4 Å². The van der Waals surface area contributed by atoms with Crippen molar-refractivity contribution in [3.05, 3.63) is 42.0 Å². The van der Waals surface area contributed by atoms with E-state index in [1.807, 2.05) is 43.3 Å². The number of aliphatic hydroxyl groups is 1. The maximum atomic E-state index is 12.1. The molecule has 2 rings (SSSR count). The normalized spacial score (nSPS) is 22.0. The Morgan fingerprint density at radius 2 is 2.19 bits per heavy atom. The Balaban J connectivity index is 1.89. The molecule has 2 N–H and O–H groups in total. The molecule has 1 unspecified atom stereocenters. The summed E-state index contributed by atoms with van der Waals surface area (Å²) in [6.45, 7) is 2.17. The van der Waals surface area contributed by atoms with Gasteiger partial charge in [-0.05, 0) is 24.0 Å². The number of ether oxygens (including phenoxy) is 1. The summed E-state index contributed by atoms with van der Waals surface area (Å²) in [6.07, 6.45) is 5.14. The first kappa shape index (κ1) is 15.6. The van der Waals surface area contributed by atoms with Gasteiger partial charge in [0.15, 0.2) is 0 Å². The topological polar surface area (TPSA) is 58.6 Å². The number of para-hydroxylation sites is 1. The van der Waals surface area contributed by atoms with Crippen LogP contribution < -0.4 is 10.1 Å². The van der Waals surface area contributed by atoms with E-state index in [0.29, 0.717) is 6.42 Å². The molecule has 0 heterocycles. The maximum absolute atomic E-state index is 12.1. The molecule has 0 aromatic heterocycles. The number of benzene rings is 1. The molecular formula is C17H23NO3. The van der Waals surface area contributed by atoms with E-state index < -0.39 is 0 Å². The van der Waals surface area contributed by atoms with Gasteiger partial charge >= 0.3 is 0 Å². The van der Waals surface area contributed by atoms with Gasteiger partial charge in [-0.1, -0.05) is 37.3 Å². The van der Waals surface area contributed by atoms with E-state index in [2.05, 4.69) is 5.32 Å². The molecule has 1 aromatic carbocycles. The Hall–Kier alpha value is -1.81. The van der Waals surface area contributed by atoms with Gasteiger partial charge in [0, 0.05) is 25.0 Å². The van der Waals surface area contributed by atoms with E-state index in [-0.39, 0.29) is 30.4 Å². The Bertz CT molecular complexity index is 513. The molecular weight excluding hydrogens is 266 g/mol. The number of hydrogen-bond donors (Lipinski definition) is 2. The second kappa shape index (κ2) is 7.27. The summed E-state index contributed by atoms with van der Waals surface area (Å²) in [7, 11) is 1.64. The van der Waals surface area contributed by atoms with Gasteiger partial charge < -0.3 is 15.2 Å². The van der Waals surface area contributed by atoms with Crippen molar-refractivity contribution in [2.45, 2.75) is 31.7 Å². The van der Waals surface area contributed by atoms with E-state index in [1.165, 1.54) is 0 Å². The Kier molecular flexibility index (Phi) is 5.39. The van der Waals surface area contributed by atoms with Gasteiger partial charge in [0.2, 0.25) is 5.91 Å². The summed E-state index contributed by atoms with van der Waals surface area (Å²) in [5, 5.41) is 12.1. The average molecular weight is 289 g/mol. The number of methoxy groups -OCH3 is 1. The molecule has 21 heavy (non-hydrogen) atoms. The molecule has 1 amide bonds. The maximum Gasteiger partial charge on any atom is 0.221 e. The van der Waals surface area contributed by atoms with Crippen molar-refractivity contribution in [1.29, 1.82) is 0 Å². The minimum atomic E-state index is 0.0293. The molecule has 3 atom stereocenters. The fourth-order valence-electron chi connectivity index (χ4n) is 2.74. The lowest BCUT2D eigenvalue weighted by atomic mass is 9.96. The quantitative estimate of drug-likeness (QED) is 0.790. The van der Waals surface area contributed by atoms with Crippen molar-refractivity contribution in [3.63, 3.8) is 0 Å². The predicted octanol–water partition coefficient (Wildman–Crippen LogP) is 2.24. The van der Waals surface area contributed by atoms with Gasteiger partial charge in [0.05, 0.1) is 7.11 Å². The standard InChI is InChI=1S/C17H23NO3/c1-12(15-5-3-4-6-16(15)21-2)9-17(20)18-14-8-7-13(10-14)11-19/h3-8,12-14,19H,9-11H2,1-2H3,(H,18,20)/t12?,13-,14+/m0/s1. The SMILES string of the molecule is COc1ccccc1C(C)CC(=O)N[C@@H]1C=C[C@H](CO)C1. The van der Waals surface area contributed by atoms with Crippen LogP contribution in [0.2, 0.25) is 0 Å². The van der Waals surface area contributed by atoms with Crippen LogP contribution in [0.25, 0.3) is 0 Å². The molecule has 1 aromatic rings. The van der Waals surface area contributed by atoms with Gasteiger partial charge in [-0.3, -0.25) is 4.79 Å². The first-order valence-electron chi connectivity index (χ1n) is 7.35. The van der Waals surface area contributed by atoms with Crippen LogP contribution in [0.4, 0.5) is 0 Å². The number of rotatable bonds is 6. The molecule has 0 aliphatic heterocycles. The monoisotopic (exact) mass is 289 g/mol. The minimum Gasteiger partial charge on any atom is -0.496 e. The lowest BCUT2D eigenvalue weighted by Gasteiger charge is -2.17. The van der Waals surface area contributed by atoms with Crippen LogP contribution in [0.3, 0.4) is 0 Å². The smallest absolute Gasteiger partial charge is 0.221 e. The zero-order valence-electron chi connectivity index (χ0n) is 12.6. The Morgan fingerprint density at radius 3 is 2.86 bits per heavy atom. The van der Waals surface area contributed by atoms with Crippen molar-refractivity contribution < 1.29 is 14.6 Å². The molecule has 1 aliphatic rings. The highest BCUT2D eigenvalue weighted by Crippen LogP contribution is 2.28. The van der Waals surface area contributed by atoms with Gasteiger partial charge in [0.1, 0.15) is 5.75 Å². The lowest BCUT2D eigenvalue weighted by Crippen LogP contribution is -2.33. The summed E-state index contributed by atoms with van der Waals surface area (Å²) in [6, 6.07) is 7.83. The molecule has 4 nitrogen and oxygen atoms in total. The first-order chi connectivity index (χ1) is 10.1. The molecule has 0 saturated carbocycles. The van der Waals surface area contributed by atoms with Crippen molar-refractivity contribution in [2.24, 2.45) is 5.92 Å². The number of amides is 1. The minimum absolute atomic E-state index is 0.0293. The number of hydrogen-bond acceptors (Lipinski definition) is 3. The third kappa shape index (κ3) is 4.08. The highest BCUT2D eigenvalue weighted by Gasteiger charge is 2.21. The molecule has 0 radical (unpaired) electrons. The highest BCUT2D eigenvalue weighted by atomic mass is 16.5. The first-order valence-corrected chi connectivity index (χ1v) is 7.35. The third-order valence-corrected chi connectivity index (χ3v) is 3.91. The molecule has 1 aliphatic carbocycles. The van der Waals surface area contributed by atoms with Gasteiger partial charge in [-0.25, -0.2) is 0 Å². The second-order valence-electron chi connectivity index (χ2n) is 5.58. The Labute approximate surface area is 125 Å². The third-order valence-electron chi connectivity index (χ3n) is 3.91. The van der Waals surface area contributed by atoms with Crippen LogP contribution in [0, 0.1) is 5.92 Å². The van der Waals surface area contributed by atoms with Gasteiger partial charge in [0.25, 0.3) is 0 Å². The summed E-state index contributed by atoms with van der Waals surface area (Å²) in [5.41, 5.74) is 1.05. The fraction of sp³-hybridized carbons (Fsp3) is 0.471. The second-order valence-corrected chi connectivity index (χ2v) is 5.58. The molecule has 0 fully saturated rings. The van der Waals surface area contributed by atoms with Crippen LogP contribution >= 0.6 is 0 Å². The number of nitrogens with one attached hydrogen (secondary N) is 1. The number of carbonyl (C=O) groups excluding carboxylic acids is 1.